The van der Waals surface area contributed by atoms with Gasteiger partial charge in [0, 0.05) is 25.4 Å². The summed E-state index contributed by atoms with van der Waals surface area (Å²) in [6.45, 7) is 5.44. The second kappa shape index (κ2) is 6.03. The van der Waals surface area contributed by atoms with Crippen molar-refractivity contribution in [1.82, 2.24) is 9.97 Å². The second-order valence-electron chi connectivity index (χ2n) is 5.48. The predicted octanol–water partition coefficient (Wildman–Crippen LogP) is 3.06. The van der Waals surface area contributed by atoms with Gasteiger partial charge in [-0.3, -0.25) is 0 Å². The maximum absolute atomic E-state index is 4.46. The zero-order valence-corrected chi connectivity index (χ0v) is 11.7. The maximum Gasteiger partial charge on any atom is 0.224 e. The van der Waals surface area contributed by atoms with E-state index in [-0.39, 0.29) is 0 Å². The number of nitrogens with zero attached hydrogens (tertiary/aromatic N) is 2. The molecule has 18 heavy (non-hydrogen) atoms. The monoisotopic (exact) mass is 248 g/mol. The Labute approximate surface area is 110 Å². The highest BCUT2D eigenvalue weighted by molar-refractivity contribution is 5.46. The van der Waals surface area contributed by atoms with Crippen LogP contribution in [0.3, 0.4) is 0 Å². The molecule has 0 atom stereocenters. The Morgan fingerprint density at radius 1 is 1.28 bits per heavy atom. The molecule has 1 heterocycles. The van der Waals surface area contributed by atoms with Crippen molar-refractivity contribution in [3.05, 3.63) is 11.8 Å². The van der Waals surface area contributed by atoms with Crippen LogP contribution >= 0.6 is 0 Å². The molecule has 1 fully saturated rings. The number of hydrogen-bond donors (Lipinski definition) is 2. The van der Waals surface area contributed by atoms with Crippen molar-refractivity contribution >= 4 is 11.8 Å². The minimum atomic E-state index is 0.681. The summed E-state index contributed by atoms with van der Waals surface area (Å²) in [6.07, 6.45) is 7.30. The fraction of sp³-hybridized carbons (Fsp3) is 0.714. The fourth-order valence-corrected chi connectivity index (χ4v) is 2.52. The molecule has 0 unspecified atom stereocenters. The first kappa shape index (κ1) is 13.1. The summed E-state index contributed by atoms with van der Waals surface area (Å²) in [7, 11) is 1.84. The summed E-state index contributed by atoms with van der Waals surface area (Å²) in [4.78, 5) is 8.66. The van der Waals surface area contributed by atoms with Crippen molar-refractivity contribution in [3.63, 3.8) is 0 Å². The minimum absolute atomic E-state index is 0.681. The van der Waals surface area contributed by atoms with Gasteiger partial charge in [-0.15, -0.1) is 0 Å². The van der Waals surface area contributed by atoms with Gasteiger partial charge in [0.1, 0.15) is 5.82 Å². The molecule has 0 radical (unpaired) electrons. The van der Waals surface area contributed by atoms with Crippen LogP contribution in [0.2, 0.25) is 0 Å². The lowest BCUT2D eigenvalue weighted by Gasteiger charge is -2.26. The highest BCUT2D eigenvalue weighted by Crippen LogP contribution is 2.28. The Morgan fingerprint density at radius 2 is 2.00 bits per heavy atom. The van der Waals surface area contributed by atoms with Crippen LogP contribution in [-0.4, -0.2) is 23.6 Å². The van der Waals surface area contributed by atoms with Gasteiger partial charge in [0.25, 0.3) is 0 Å². The minimum Gasteiger partial charge on any atom is -0.369 e. The van der Waals surface area contributed by atoms with Crippen LogP contribution in [0.5, 0.6) is 0 Å². The number of nitrogens with one attached hydrogen (secondary N) is 2. The van der Waals surface area contributed by atoms with Crippen LogP contribution in [0.4, 0.5) is 11.8 Å². The molecule has 1 aliphatic carbocycles. The molecular weight excluding hydrogens is 224 g/mol. The van der Waals surface area contributed by atoms with E-state index in [1.54, 1.807) is 0 Å². The van der Waals surface area contributed by atoms with Gasteiger partial charge in [0.05, 0.1) is 0 Å². The van der Waals surface area contributed by atoms with Crippen LogP contribution in [0, 0.1) is 18.8 Å². The van der Waals surface area contributed by atoms with E-state index in [4.69, 9.17) is 0 Å². The number of anilines is 2. The number of aromatic nitrogens is 2. The smallest absolute Gasteiger partial charge is 0.224 e. The van der Waals surface area contributed by atoms with Crippen LogP contribution in [0.1, 0.15) is 38.2 Å². The van der Waals surface area contributed by atoms with Crippen LogP contribution in [-0.2, 0) is 0 Å². The molecule has 1 aliphatic rings. The molecule has 0 saturated heterocycles. The Morgan fingerprint density at radius 3 is 2.67 bits per heavy atom. The molecule has 4 nitrogen and oxygen atoms in total. The Kier molecular flexibility index (Phi) is 4.39. The number of hydrogen-bond acceptors (Lipinski definition) is 4. The predicted molar refractivity (Wildman–Crippen MR) is 75.9 cm³/mol. The molecule has 1 aromatic rings. The Bertz CT molecular complexity index is 383. The van der Waals surface area contributed by atoms with Crippen molar-refractivity contribution in [3.8, 4) is 0 Å². The van der Waals surface area contributed by atoms with Crippen LogP contribution in [0.25, 0.3) is 0 Å². The van der Waals surface area contributed by atoms with Gasteiger partial charge in [-0.05, 0) is 31.6 Å². The van der Waals surface area contributed by atoms with E-state index in [1.807, 2.05) is 20.2 Å². The van der Waals surface area contributed by atoms with Gasteiger partial charge in [0.2, 0.25) is 5.95 Å². The summed E-state index contributed by atoms with van der Waals surface area (Å²) < 4.78 is 0. The average molecular weight is 248 g/mol. The van der Waals surface area contributed by atoms with E-state index >= 15 is 0 Å². The van der Waals surface area contributed by atoms with Gasteiger partial charge in [-0.2, -0.15) is 4.98 Å². The number of aryl methyl sites for hydroxylation is 1. The normalized spacial score (nSPS) is 23.7. The molecule has 0 aliphatic heterocycles. The molecule has 100 valence electrons. The molecule has 1 saturated carbocycles. The van der Waals surface area contributed by atoms with Gasteiger partial charge < -0.3 is 10.6 Å². The van der Waals surface area contributed by atoms with E-state index in [2.05, 4.69) is 27.5 Å². The molecule has 1 aromatic heterocycles. The average Bonchev–Trinajstić information content (AvgIpc) is 2.40. The lowest BCUT2D eigenvalue weighted by Crippen LogP contribution is -2.21. The van der Waals surface area contributed by atoms with E-state index in [1.165, 1.54) is 25.7 Å². The molecule has 0 aromatic carbocycles. The third-order valence-electron chi connectivity index (χ3n) is 3.89. The third-order valence-corrected chi connectivity index (χ3v) is 3.89. The van der Waals surface area contributed by atoms with E-state index in [0.29, 0.717) is 5.95 Å². The highest BCUT2D eigenvalue weighted by Gasteiger charge is 2.18. The Hall–Kier alpha value is -1.32. The largest absolute Gasteiger partial charge is 0.369 e. The third kappa shape index (κ3) is 3.34. The van der Waals surface area contributed by atoms with Gasteiger partial charge >= 0.3 is 0 Å². The lowest BCUT2D eigenvalue weighted by atomic mass is 9.83. The van der Waals surface area contributed by atoms with Crippen molar-refractivity contribution in [2.45, 2.75) is 39.5 Å². The summed E-state index contributed by atoms with van der Waals surface area (Å²) in [5.41, 5.74) is 1.11. The van der Waals surface area contributed by atoms with Crippen molar-refractivity contribution in [1.29, 1.82) is 0 Å². The lowest BCUT2D eigenvalue weighted by molar-refractivity contribution is 0.300. The standard InChI is InChI=1S/C14H24N4/c1-10-4-6-12(7-5-10)9-16-13-11(2)8-17-14(15-3)18-13/h8,10,12H,4-7,9H2,1-3H3,(H2,15,16,17,18). The summed E-state index contributed by atoms with van der Waals surface area (Å²) in [5, 5.41) is 6.46. The zero-order valence-electron chi connectivity index (χ0n) is 11.7. The molecule has 4 heteroatoms. The van der Waals surface area contributed by atoms with Gasteiger partial charge in [0.15, 0.2) is 0 Å². The quantitative estimate of drug-likeness (QED) is 0.860. The van der Waals surface area contributed by atoms with Crippen molar-refractivity contribution in [2.75, 3.05) is 24.2 Å². The van der Waals surface area contributed by atoms with E-state index in [9.17, 15) is 0 Å². The van der Waals surface area contributed by atoms with Gasteiger partial charge in [-0.25, -0.2) is 4.98 Å². The van der Waals surface area contributed by atoms with Crippen LogP contribution in [0.15, 0.2) is 6.20 Å². The first-order valence-electron chi connectivity index (χ1n) is 6.94. The maximum atomic E-state index is 4.46. The van der Waals surface area contributed by atoms with Crippen molar-refractivity contribution in [2.24, 2.45) is 11.8 Å². The SMILES string of the molecule is CNc1ncc(C)c(NCC2CCC(C)CC2)n1. The summed E-state index contributed by atoms with van der Waals surface area (Å²) in [6, 6.07) is 0. The summed E-state index contributed by atoms with van der Waals surface area (Å²) >= 11 is 0. The molecule has 2 rings (SSSR count). The van der Waals surface area contributed by atoms with E-state index in [0.717, 1.165) is 29.8 Å². The van der Waals surface area contributed by atoms with Crippen molar-refractivity contribution < 1.29 is 0 Å². The molecule has 0 amide bonds. The zero-order chi connectivity index (χ0) is 13.0. The molecule has 2 N–H and O–H groups in total. The van der Waals surface area contributed by atoms with E-state index < -0.39 is 0 Å². The molecule has 0 bridgehead atoms. The van der Waals surface area contributed by atoms with Gasteiger partial charge in [-0.1, -0.05) is 19.8 Å². The molecular formula is C14H24N4. The second-order valence-corrected chi connectivity index (χ2v) is 5.48. The van der Waals surface area contributed by atoms with Crippen LogP contribution < -0.4 is 10.6 Å². The summed E-state index contributed by atoms with van der Waals surface area (Å²) in [5.74, 6) is 3.36. The Balaban J connectivity index is 1.89. The highest BCUT2D eigenvalue weighted by atomic mass is 15.1. The first-order chi connectivity index (χ1) is 8.69. The number of rotatable bonds is 4. The molecule has 0 spiro atoms. The topological polar surface area (TPSA) is 49.8 Å². The fourth-order valence-electron chi connectivity index (χ4n) is 2.52. The first-order valence-corrected chi connectivity index (χ1v) is 6.94.